The number of carboxylic acids is 1. The Balaban J connectivity index is 2.94. The molecular weight excluding hydrogens is 208 g/mol. The molecule has 0 saturated carbocycles. The van der Waals surface area contributed by atoms with E-state index in [4.69, 9.17) is 15.6 Å². The normalized spacial score (nSPS) is 10.9. The van der Waals surface area contributed by atoms with Crippen LogP contribution >= 0.6 is 0 Å². The van der Waals surface area contributed by atoms with Gasteiger partial charge < -0.3 is 20.9 Å². The second kappa shape index (κ2) is 4.30. The molecule has 0 saturated heterocycles. The van der Waals surface area contributed by atoms with E-state index in [-0.39, 0.29) is 0 Å². The molecule has 0 aliphatic heterocycles. The number of hydrogen-bond acceptors (Lipinski definition) is 4. The van der Waals surface area contributed by atoms with Crippen LogP contribution in [0.25, 0.3) is 0 Å². The molecule has 0 aliphatic rings. The van der Waals surface area contributed by atoms with Crippen LogP contribution in [0.1, 0.15) is 13.8 Å². The summed E-state index contributed by atoms with van der Waals surface area (Å²) in [5.74, 6) is -0.307. The van der Waals surface area contributed by atoms with E-state index in [1.807, 2.05) is 0 Å². The summed E-state index contributed by atoms with van der Waals surface area (Å²) in [6.07, 6.45) is 0. The van der Waals surface area contributed by atoms with Crippen LogP contribution in [0.3, 0.4) is 0 Å². The molecule has 88 valence electrons. The van der Waals surface area contributed by atoms with Crippen molar-refractivity contribution in [3.8, 4) is 5.75 Å². The summed E-state index contributed by atoms with van der Waals surface area (Å²) in [6.45, 7) is 3.14. The number of benzene rings is 1. The van der Waals surface area contributed by atoms with Crippen LogP contribution in [0.15, 0.2) is 18.2 Å². The number of carboxylic acid groups (broad SMARTS) is 1. The fourth-order valence-corrected chi connectivity index (χ4v) is 1.17. The standard InChI is InChI=1S/C11H16N2O3/c1-11(2,10(14)15)13-9-5-4-7(16-3)6-8(9)12/h4-6,13H,12H2,1-3H3,(H,14,15). The highest BCUT2D eigenvalue weighted by molar-refractivity contribution is 5.83. The van der Waals surface area contributed by atoms with Gasteiger partial charge in [-0.2, -0.15) is 0 Å². The van der Waals surface area contributed by atoms with Crippen molar-refractivity contribution in [2.45, 2.75) is 19.4 Å². The maximum atomic E-state index is 10.9. The summed E-state index contributed by atoms with van der Waals surface area (Å²) in [5.41, 5.74) is 5.73. The third kappa shape index (κ3) is 2.56. The summed E-state index contributed by atoms with van der Waals surface area (Å²) in [4.78, 5) is 10.9. The van der Waals surface area contributed by atoms with Gasteiger partial charge in [-0.25, -0.2) is 4.79 Å². The number of nitrogen functional groups attached to an aromatic ring is 1. The van der Waals surface area contributed by atoms with Gasteiger partial charge in [-0.1, -0.05) is 0 Å². The molecule has 16 heavy (non-hydrogen) atoms. The summed E-state index contributed by atoms with van der Waals surface area (Å²) < 4.78 is 5.00. The fourth-order valence-electron chi connectivity index (χ4n) is 1.17. The number of ether oxygens (including phenoxy) is 1. The summed E-state index contributed by atoms with van der Waals surface area (Å²) in [5, 5.41) is 11.8. The zero-order chi connectivity index (χ0) is 12.3. The lowest BCUT2D eigenvalue weighted by molar-refractivity contribution is -0.141. The second-order valence-electron chi connectivity index (χ2n) is 4.01. The molecule has 0 spiro atoms. The maximum absolute atomic E-state index is 10.9. The van der Waals surface area contributed by atoms with Gasteiger partial charge in [0.15, 0.2) is 0 Å². The third-order valence-electron chi connectivity index (χ3n) is 2.24. The average molecular weight is 224 g/mol. The number of nitrogens with two attached hydrogens (primary N) is 1. The fraction of sp³-hybridized carbons (Fsp3) is 0.364. The molecule has 5 heteroatoms. The zero-order valence-corrected chi connectivity index (χ0v) is 9.57. The molecule has 1 rings (SSSR count). The molecule has 0 aliphatic carbocycles. The van der Waals surface area contributed by atoms with E-state index in [2.05, 4.69) is 5.32 Å². The predicted molar refractivity (Wildman–Crippen MR) is 62.7 cm³/mol. The Kier molecular flexibility index (Phi) is 3.27. The molecule has 4 N–H and O–H groups in total. The first-order valence-electron chi connectivity index (χ1n) is 4.82. The lowest BCUT2D eigenvalue weighted by Crippen LogP contribution is -2.40. The van der Waals surface area contributed by atoms with Gasteiger partial charge in [0.1, 0.15) is 11.3 Å². The smallest absolute Gasteiger partial charge is 0.328 e. The summed E-state index contributed by atoms with van der Waals surface area (Å²) >= 11 is 0. The van der Waals surface area contributed by atoms with Gasteiger partial charge in [0.25, 0.3) is 0 Å². The SMILES string of the molecule is COc1ccc(NC(C)(C)C(=O)O)c(N)c1. The highest BCUT2D eigenvalue weighted by Crippen LogP contribution is 2.26. The number of anilines is 2. The minimum absolute atomic E-state index is 0.452. The Bertz CT molecular complexity index is 402. The van der Waals surface area contributed by atoms with Crippen LogP contribution in [0, 0.1) is 0 Å². The molecule has 1 aromatic rings. The Hall–Kier alpha value is -1.91. The van der Waals surface area contributed by atoms with Crippen LogP contribution in [0.2, 0.25) is 0 Å². The number of methoxy groups -OCH3 is 1. The quantitative estimate of drug-likeness (QED) is 0.676. The number of carbonyl (C=O) groups is 1. The van der Waals surface area contributed by atoms with E-state index in [1.165, 1.54) is 0 Å². The molecular formula is C11H16N2O3. The first-order chi connectivity index (χ1) is 7.36. The van der Waals surface area contributed by atoms with Crippen LogP contribution in [0.4, 0.5) is 11.4 Å². The highest BCUT2D eigenvalue weighted by Gasteiger charge is 2.27. The van der Waals surface area contributed by atoms with Crippen molar-refractivity contribution in [2.75, 3.05) is 18.2 Å². The minimum Gasteiger partial charge on any atom is -0.497 e. The van der Waals surface area contributed by atoms with Crippen molar-refractivity contribution in [3.63, 3.8) is 0 Å². The Morgan fingerprint density at radius 3 is 2.56 bits per heavy atom. The topological polar surface area (TPSA) is 84.6 Å². The van der Waals surface area contributed by atoms with Crippen molar-refractivity contribution in [3.05, 3.63) is 18.2 Å². The summed E-state index contributed by atoms with van der Waals surface area (Å²) in [6, 6.07) is 5.05. The van der Waals surface area contributed by atoms with Crippen LogP contribution < -0.4 is 15.8 Å². The van der Waals surface area contributed by atoms with Crippen LogP contribution in [0.5, 0.6) is 5.75 Å². The predicted octanol–water partition coefficient (Wildman–Crippen LogP) is 1.55. The van der Waals surface area contributed by atoms with E-state index >= 15 is 0 Å². The molecule has 0 heterocycles. The van der Waals surface area contributed by atoms with Crippen LogP contribution in [-0.4, -0.2) is 23.7 Å². The maximum Gasteiger partial charge on any atom is 0.328 e. The average Bonchev–Trinajstić information content (AvgIpc) is 2.20. The van der Waals surface area contributed by atoms with Gasteiger partial charge in [0.2, 0.25) is 0 Å². The molecule has 0 amide bonds. The van der Waals surface area contributed by atoms with Crippen LogP contribution in [-0.2, 0) is 4.79 Å². The first kappa shape index (κ1) is 12.2. The van der Waals surface area contributed by atoms with E-state index in [0.717, 1.165) is 0 Å². The number of rotatable bonds is 4. The van der Waals surface area contributed by atoms with E-state index in [1.54, 1.807) is 39.2 Å². The van der Waals surface area contributed by atoms with Crippen molar-refractivity contribution < 1.29 is 14.6 Å². The van der Waals surface area contributed by atoms with Gasteiger partial charge in [-0.3, -0.25) is 0 Å². The number of hydrogen-bond donors (Lipinski definition) is 3. The van der Waals surface area contributed by atoms with Crippen molar-refractivity contribution in [1.29, 1.82) is 0 Å². The second-order valence-corrected chi connectivity index (χ2v) is 4.01. The molecule has 0 unspecified atom stereocenters. The van der Waals surface area contributed by atoms with Crippen molar-refractivity contribution in [2.24, 2.45) is 0 Å². The van der Waals surface area contributed by atoms with Gasteiger partial charge in [-0.15, -0.1) is 0 Å². The molecule has 0 bridgehead atoms. The molecule has 1 aromatic carbocycles. The van der Waals surface area contributed by atoms with Crippen molar-refractivity contribution in [1.82, 2.24) is 0 Å². The van der Waals surface area contributed by atoms with Gasteiger partial charge in [0, 0.05) is 6.07 Å². The Morgan fingerprint density at radius 2 is 2.12 bits per heavy atom. The number of nitrogens with one attached hydrogen (secondary N) is 1. The van der Waals surface area contributed by atoms with E-state index < -0.39 is 11.5 Å². The molecule has 5 nitrogen and oxygen atoms in total. The van der Waals surface area contributed by atoms with E-state index in [9.17, 15) is 4.79 Å². The Morgan fingerprint density at radius 1 is 1.50 bits per heavy atom. The first-order valence-corrected chi connectivity index (χ1v) is 4.82. The lowest BCUT2D eigenvalue weighted by Gasteiger charge is -2.23. The van der Waals surface area contributed by atoms with Gasteiger partial charge >= 0.3 is 5.97 Å². The zero-order valence-electron chi connectivity index (χ0n) is 9.57. The number of aliphatic carboxylic acids is 1. The van der Waals surface area contributed by atoms with Gasteiger partial charge in [0.05, 0.1) is 18.5 Å². The highest BCUT2D eigenvalue weighted by atomic mass is 16.5. The Labute approximate surface area is 94.2 Å². The monoisotopic (exact) mass is 224 g/mol. The summed E-state index contributed by atoms with van der Waals surface area (Å²) in [7, 11) is 1.54. The van der Waals surface area contributed by atoms with Gasteiger partial charge in [-0.05, 0) is 26.0 Å². The molecule has 0 radical (unpaired) electrons. The molecule has 0 atom stereocenters. The molecule has 0 aromatic heterocycles. The minimum atomic E-state index is -1.07. The van der Waals surface area contributed by atoms with Crippen molar-refractivity contribution >= 4 is 17.3 Å². The largest absolute Gasteiger partial charge is 0.497 e. The van der Waals surface area contributed by atoms with E-state index in [0.29, 0.717) is 17.1 Å². The molecule has 0 fully saturated rings. The lowest BCUT2D eigenvalue weighted by atomic mass is 10.1. The third-order valence-corrected chi connectivity index (χ3v) is 2.24.